The number of hydrogen-bond donors (Lipinski definition) is 2. The van der Waals surface area contributed by atoms with Gasteiger partial charge >= 0.3 is 0 Å². The van der Waals surface area contributed by atoms with Crippen LogP contribution >= 0.6 is 0 Å². The third-order valence-electron chi connectivity index (χ3n) is 4.15. The second-order valence-electron chi connectivity index (χ2n) is 5.73. The molecule has 5 heteroatoms. The van der Waals surface area contributed by atoms with Crippen LogP contribution in [-0.4, -0.2) is 19.2 Å². The van der Waals surface area contributed by atoms with Crippen LogP contribution in [0, 0.1) is 5.41 Å². The van der Waals surface area contributed by atoms with Gasteiger partial charge in [0.25, 0.3) is 5.91 Å². The molecule has 0 saturated heterocycles. The molecule has 108 valence electrons. The lowest BCUT2D eigenvalue weighted by atomic mass is 10.0. The van der Waals surface area contributed by atoms with Crippen LogP contribution in [0.4, 0.5) is 5.69 Å². The van der Waals surface area contributed by atoms with Gasteiger partial charge in [-0.2, -0.15) is 0 Å². The maximum atomic E-state index is 12.3. The van der Waals surface area contributed by atoms with Crippen molar-refractivity contribution in [3.05, 3.63) is 17.7 Å². The lowest BCUT2D eigenvalue weighted by Crippen LogP contribution is -2.30. The van der Waals surface area contributed by atoms with E-state index in [1.165, 1.54) is 19.3 Å². The molecular weight excluding hydrogens is 256 g/mol. The number of nitrogens with two attached hydrogens (primary N) is 1. The molecule has 0 radical (unpaired) electrons. The molecule has 5 nitrogen and oxygen atoms in total. The smallest absolute Gasteiger partial charge is 0.253 e. The van der Waals surface area contributed by atoms with Crippen molar-refractivity contribution in [3.8, 4) is 11.5 Å². The van der Waals surface area contributed by atoms with Gasteiger partial charge in [-0.15, -0.1) is 0 Å². The van der Waals surface area contributed by atoms with Crippen molar-refractivity contribution in [2.45, 2.75) is 32.6 Å². The normalized spacial score (nSPS) is 17.9. The first-order valence-corrected chi connectivity index (χ1v) is 7.11. The quantitative estimate of drug-likeness (QED) is 0.809. The van der Waals surface area contributed by atoms with E-state index < -0.39 is 0 Å². The van der Waals surface area contributed by atoms with Gasteiger partial charge in [-0.25, -0.2) is 0 Å². The molecule has 1 aliphatic heterocycles. The fraction of sp³-hybridized carbons (Fsp3) is 0.533. The number of benzene rings is 1. The molecular formula is C15H20N2O3. The summed E-state index contributed by atoms with van der Waals surface area (Å²) in [6, 6.07) is 3.31. The SMILES string of the molecule is CCCC1(CNC(=O)c2cc3c(cc2N)OCO3)CC1. The third kappa shape index (κ3) is 2.40. The summed E-state index contributed by atoms with van der Waals surface area (Å²) in [6.45, 7) is 3.09. The molecule has 0 atom stereocenters. The molecule has 0 aromatic heterocycles. The van der Waals surface area contributed by atoms with Gasteiger partial charge in [0.2, 0.25) is 6.79 Å². The van der Waals surface area contributed by atoms with Gasteiger partial charge in [0.15, 0.2) is 11.5 Å². The standard InChI is InChI=1S/C15H20N2O3/c1-2-3-15(4-5-15)8-17-14(18)10-6-12-13(7-11(10)16)20-9-19-12/h6-7H,2-5,8-9,16H2,1H3,(H,17,18). The van der Waals surface area contributed by atoms with Crippen LogP contribution in [0.25, 0.3) is 0 Å². The number of rotatable bonds is 5. The number of carbonyl (C=O) groups excluding carboxylic acids is 1. The van der Waals surface area contributed by atoms with Crippen LogP contribution < -0.4 is 20.5 Å². The molecule has 2 aliphatic rings. The second kappa shape index (κ2) is 4.89. The highest BCUT2D eigenvalue weighted by molar-refractivity contribution is 6.00. The van der Waals surface area contributed by atoms with Gasteiger partial charge in [-0.3, -0.25) is 4.79 Å². The Kier molecular flexibility index (Phi) is 3.20. The minimum atomic E-state index is -0.136. The fourth-order valence-electron chi connectivity index (χ4n) is 2.74. The lowest BCUT2D eigenvalue weighted by Gasteiger charge is -2.15. The highest BCUT2D eigenvalue weighted by Crippen LogP contribution is 2.49. The number of hydrogen-bond acceptors (Lipinski definition) is 4. The zero-order valence-electron chi connectivity index (χ0n) is 11.7. The van der Waals surface area contributed by atoms with Crippen LogP contribution in [0.1, 0.15) is 43.0 Å². The maximum Gasteiger partial charge on any atom is 0.253 e. The number of nitrogen functional groups attached to an aromatic ring is 1. The first-order valence-electron chi connectivity index (χ1n) is 7.11. The van der Waals surface area contributed by atoms with Crippen molar-refractivity contribution in [1.82, 2.24) is 5.32 Å². The average molecular weight is 276 g/mol. The molecule has 1 amide bonds. The largest absolute Gasteiger partial charge is 0.454 e. The van der Waals surface area contributed by atoms with E-state index in [4.69, 9.17) is 15.2 Å². The van der Waals surface area contributed by atoms with E-state index in [1.54, 1.807) is 12.1 Å². The first kappa shape index (κ1) is 13.1. The lowest BCUT2D eigenvalue weighted by molar-refractivity contribution is 0.0944. The van der Waals surface area contributed by atoms with Crippen molar-refractivity contribution >= 4 is 11.6 Å². The summed E-state index contributed by atoms with van der Waals surface area (Å²) in [6.07, 6.45) is 4.74. The summed E-state index contributed by atoms with van der Waals surface area (Å²) in [4.78, 5) is 12.3. The highest BCUT2D eigenvalue weighted by atomic mass is 16.7. The molecule has 1 heterocycles. The number of carbonyl (C=O) groups is 1. The van der Waals surface area contributed by atoms with Crippen molar-refractivity contribution in [1.29, 1.82) is 0 Å². The zero-order valence-corrected chi connectivity index (χ0v) is 11.7. The van der Waals surface area contributed by atoms with E-state index in [-0.39, 0.29) is 12.7 Å². The van der Waals surface area contributed by atoms with Crippen LogP contribution in [0.5, 0.6) is 11.5 Å². The molecule has 1 aromatic rings. The summed E-state index contributed by atoms with van der Waals surface area (Å²) >= 11 is 0. The predicted octanol–water partition coefficient (Wildman–Crippen LogP) is 2.31. The van der Waals surface area contributed by atoms with Gasteiger partial charge in [0, 0.05) is 18.3 Å². The molecule has 3 N–H and O–H groups in total. The summed E-state index contributed by atoms with van der Waals surface area (Å²) in [5, 5.41) is 3.00. The minimum absolute atomic E-state index is 0.136. The van der Waals surface area contributed by atoms with Crippen LogP contribution in [0.3, 0.4) is 0 Å². The van der Waals surface area contributed by atoms with Crippen molar-refractivity contribution in [3.63, 3.8) is 0 Å². The zero-order chi connectivity index (χ0) is 14.2. The summed E-state index contributed by atoms with van der Waals surface area (Å²) < 4.78 is 10.5. The van der Waals surface area contributed by atoms with Crippen LogP contribution in [0.2, 0.25) is 0 Å². The summed E-state index contributed by atoms with van der Waals surface area (Å²) in [7, 11) is 0. The number of anilines is 1. The number of amides is 1. The van der Waals surface area contributed by atoms with E-state index in [9.17, 15) is 4.79 Å². The minimum Gasteiger partial charge on any atom is -0.454 e. The van der Waals surface area contributed by atoms with E-state index in [0.717, 1.165) is 13.0 Å². The molecule has 1 aliphatic carbocycles. The Bertz CT molecular complexity index is 538. The summed E-state index contributed by atoms with van der Waals surface area (Å²) in [5.41, 5.74) is 7.12. The number of fused-ring (bicyclic) bond motifs is 1. The molecule has 0 unspecified atom stereocenters. The topological polar surface area (TPSA) is 73.6 Å². The Labute approximate surface area is 118 Å². The van der Waals surface area contributed by atoms with Crippen LogP contribution in [0.15, 0.2) is 12.1 Å². The molecule has 1 aromatic carbocycles. The van der Waals surface area contributed by atoms with Gasteiger partial charge < -0.3 is 20.5 Å². The Morgan fingerprint density at radius 3 is 2.70 bits per heavy atom. The van der Waals surface area contributed by atoms with Crippen molar-refractivity contribution in [2.75, 3.05) is 19.1 Å². The first-order chi connectivity index (χ1) is 9.63. The van der Waals surface area contributed by atoms with E-state index >= 15 is 0 Å². The highest BCUT2D eigenvalue weighted by Gasteiger charge is 2.41. The number of ether oxygens (including phenoxy) is 2. The van der Waals surface area contributed by atoms with Gasteiger partial charge in [-0.1, -0.05) is 13.3 Å². The van der Waals surface area contributed by atoms with E-state index in [1.807, 2.05) is 0 Å². The van der Waals surface area contributed by atoms with Gasteiger partial charge in [-0.05, 0) is 30.7 Å². The van der Waals surface area contributed by atoms with Gasteiger partial charge in [0.05, 0.1) is 5.56 Å². The van der Waals surface area contributed by atoms with Crippen LogP contribution in [-0.2, 0) is 0 Å². The maximum absolute atomic E-state index is 12.3. The molecule has 0 spiro atoms. The van der Waals surface area contributed by atoms with E-state index in [0.29, 0.717) is 28.2 Å². The Morgan fingerprint density at radius 1 is 1.35 bits per heavy atom. The summed E-state index contributed by atoms with van der Waals surface area (Å²) in [5.74, 6) is 1.05. The molecule has 1 fully saturated rings. The molecule has 20 heavy (non-hydrogen) atoms. The van der Waals surface area contributed by atoms with E-state index in [2.05, 4.69) is 12.2 Å². The third-order valence-corrected chi connectivity index (χ3v) is 4.15. The average Bonchev–Trinajstić information content (AvgIpc) is 3.04. The van der Waals surface area contributed by atoms with Crippen molar-refractivity contribution < 1.29 is 14.3 Å². The monoisotopic (exact) mass is 276 g/mol. The fourth-order valence-corrected chi connectivity index (χ4v) is 2.74. The second-order valence-corrected chi connectivity index (χ2v) is 5.73. The molecule has 0 bridgehead atoms. The Hall–Kier alpha value is -1.91. The van der Waals surface area contributed by atoms with Crippen molar-refractivity contribution in [2.24, 2.45) is 5.41 Å². The van der Waals surface area contributed by atoms with Gasteiger partial charge in [0.1, 0.15) is 0 Å². The molecule has 1 saturated carbocycles. The predicted molar refractivity (Wildman–Crippen MR) is 75.9 cm³/mol. The Morgan fingerprint density at radius 2 is 2.05 bits per heavy atom. The molecule has 3 rings (SSSR count). The number of nitrogens with one attached hydrogen (secondary N) is 1. The Balaban J connectivity index is 1.68.